The van der Waals surface area contributed by atoms with Crippen molar-refractivity contribution in [3.05, 3.63) is 107 Å². The second-order valence-electron chi connectivity index (χ2n) is 9.50. The lowest BCUT2D eigenvalue weighted by Crippen LogP contribution is -2.38. The fourth-order valence-electron chi connectivity index (χ4n) is 4.73. The standard InChI is InChI=1S/C30H32N4O/c1-21-12-14-24(15-13-21)30(35)34(19-7-18-31)29(23-16-17-23)28-27(20-22-8-3-2-4-9-22)32-25-10-5-6-11-26(25)33-28/h2-6,8-15,23,29H,7,16-20,31H2,1H3. The van der Waals surface area contributed by atoms with E-state index in [-0.39, 0.29) is 11.9 Å². The van der Waals surface area contributed by atoms with Gasteiger partial charge in [0, 0.05) is 18.5 Å². The fourth-order valence-corrected chi connectivity index (χ4v) is 4.73. The number of nitrogens with zero attached hydrogens (tertiary/aromatic N) is 3. The van der Waals surface area contributed by atoms with Gasteiger partial charge in [-0.1, -0.05) is 60.2 Å². The highest BCUT2D eigenvalue weighted by molar-refractivity contribution is 5.94. The van der Waals surface area contributed by atoms with Crippen LogP contribution in [0.1, 0.15) is 58.2 Å². The average Bonchev–Trinajstić information content (AvgIpc) is 3.72. The van der Waals surface area contributed by atoms with Gasteiger partial charge in [0.1, 0.15) is 0 Å². The van der Waals surface area contributed by atoms with Crippen LogP contribution in [-0.2, 0) is 6.42 Å². The summed E-state index contributed by atoms with van der Waals surface area (Å²) >= 11 is 0. The first-order chi connectivity index (χ1) is 17.1. The number of benzene rings is 3. The number of carbonyl (C=O) groups is 1. The lowest BCUT2D eigenvalue weighted by atomic mass is 9.98. The summed E-state index contributed by atoms with van der Waals surface area (Å²) in [6, 6.07) is 26.1. The molecule has 1 amide bonds. The van der Waals surface area contributed by atoms with Crippen molar-refractivity contribution >= 4 is 16.9 Å². The molecule has 0 saturated heterocycles. The summed E-state index contributed by atoms with van der Waals surface area (Å²) in [4.78, 5) is 26.1. The highest BCUT2D eigenvalue weighted by Gasteiger charge is 2.41. The summed E-state index contributed by atoms with van der Waals surface area (Å²) < 4.78 is 0. The summed E-state index contributed by atoms with van der Waals surface area (Å²) in [5, 5.41) is 0. The lowest BCUT2D eigenvalue weighted by Gasteiger charge is -2.33. The van der Waals surface area contributed by atoms with Crippen LogP contribution in [0.3, 0.4) is 0 Å². The van der Waals surface area contributed by atoms with Gasteiger partial charge in [-0.2, -0.15) is 0 Å². The second-order valence-corrected chi connectivity index (χ2v) is 9.50. The van der Waals surface area contributed by atoms with Crippen molar-refractivity contribution < 1.29 is 4.79 Å². The molecule has 1 aromatic heterocycles. The zero-order valence-corrected chi connectivity index (χ0v) is 20.2. The zero-order valence-electron chi connectivity index (χ0n) is 20.2. The maximum atomic E-state index is 13.9. The number of hydrogen-bond acceptors (Lipinski definition) is 4. The van der Waals surface area contributed by atoms with Crippen molar-refractivity contribution in [3.63, 3.8) is 0 Å². The predicted molar refractivity (Wildman–Crippen MR) is 140 cm³/mol. The topological polar surface area (TPSA) is 72.1 Å². The predicted octanol–water partition coefficient (Wildman–Crippen LogP) is 5.47. The minimum absolute atomic E-state index is 0.0379. The minimum atomic E-state index is -0.119. The lowest BCUT2D eigenvalue weighted by molar-refractivity contribution is 0.0644. The van der Waals surface area contributed by atoms with Crippen LogP contribution in [-0.4, -0.2) is 33.9 Å². The largest absolute Gasteiger partial charge is 0.330 e. The number of rotatable bonds is 9. The average molecular weight is 465 g/mol. The molecule has 0 spiro atoms. The molecule has 0 radical (unpaired) electrons. The molecule has 35 heavy (non-hydrogen) atoms. The van der Waals surface area contributed by atoms with E-state index in [1.54, 1.807) is 0 Å². The van der Waals surface area contributed by atoms with E-state index in [1.165, 1.54) is 5.56 Å². The number of hydrogen-bond donors (Lipinski definition) is 1. The van der Waals surface area contributed by atoms with Gasteiger partial charge in [-0.3, -0.25) is 4.79 Å². The summed E-state index contributed by atoms with van der Waals surface area (Å²) in [5.41, 5.74) is 12.6. The Morgan fingerprint density at radius 1 is 0.943 bits per heavy atom. The van der Waals surface area contributed by atoms with Gasteiger partial charge in [0.15, 0.2) is 0 Å². The summed E-state index contributed by atoms with van der Waals surface area (Å²) in [5.74, 6) is 0.420. The van der Waals surface area contributed by atoms with E-state index < -0.39 is 0 Å². The van der Waals surface area contributed by atoms with E-state index in [2.05, 4.69) is 24.3 Å². The molecule has 1 atom stereocenters. The fraction of sp³-hybridized carbons (Fsp3) is 0.300. The second kappa shape index (κ2) is 10.4. The van der Waals surface area contributed by atoms with Crippen molar-refractivity contribution in [2.24, 2.45) is 11.7 Å². The summed E-state index contributed by atoms with van der Waals surface area (Å²) in [6.45, 7) is 3.17. The van der Waals surface area contributed by atoms with Gasteiger partial charge in [-0.05, 0) is 68.5 Å². The molecule has 1 heterocycles. The van der Waals surface area contributed by atoms with Gasteiger partial charge in [-0.15, -0.1) is 0 Å². The van der Waals surface area contributed by atoms with Gasteiger partial charge in [0.25, 0.3) is 5.91 Å². The van der Waals surface area contributed by atoms with Crippen LogP contribution in [0.2, 0.25) is 0 Å². The highest BCUT2D eigenvalue weighted by atomic mass is 16.2. The van der Waals surface area contributed by atoms with Crippen LogP contribution in [0.5, 0.6) is 0 Å². The van der Waals surface area contributed by atoms with Gasteiger partial charge < -0.3 is 10.6 Å². The van der Waals surface area contributed by atoms with E-state index in [0.29, 0.717) is 31.0 Å². The van der Waals surface area contributed by atoms with E-state index in [4.69, 9.17) is 15.7 Å². The van der Waals surface area contributed by atoms with Crippen LogP contribution < -0.4 is 5.73 Å². The molecule has 0 aliphatic heterocycles. The maximum absolute atomic E-state index is 13.9. The number of fused-ring (bicyclic) bond motifs is 1. The molecule has 5 rings (SSSR count). The van der Waals surface area contributed by atoms with Crippen molar-refractivity contribution in [3.8, 4) is 0 Å². The van der Waals surface area contributed by atoms with Crippen molar-refractivity contribution in [2.45, 2.75) is 38.6 Å². The smallest absolute Gasteiger partial charge is 0.254 e. The molecule has 1 saturated carbocycles. The van der Waals surface area contributed by atoms with E-state index in [9.17, 15) is 4.79 Å². The first-order valence-electron chi connectivity index (χ1n) is 12.5. The van der Waals surface area contributed by atoms with Crippen LogP contribution >= 0.6 is 0 Å². The maximum Gasteiger partial charge on any atom is 0.254 e. The molecule has 2 N–H and O–H groups in total. The summed E-state index contributed by atoms with van der Waals surface area (Å²) in [7, 11) is 0. The third kappa shape index (κ3) is 5.25. The highest BCUT2D eigenvalue weighted by Crippen LogP contribution is 2.45. The van der Waals surface area contributed by atoms with E-state index in [0.717, 1.165) is 47.2 Å². The SMILES string of the molecule is Cc1ccc(C(=O)N(CCCN)C(c2nc3ccccc3nc2Cc2ccccc2)C2CC2)cc1. The molecular weight excluding hydrogens is 432 g/mol. The van der Waals surface area contributed by atoms with Crippen LogP contribution in [0.4, 0.5) is 0 Å². The number of amides is 1. The van der Waals surface area contributed by atoms with Crippen molar-refractivity contribution in [1.29, 1.82) is 0 Å². The quantitative estimate of drug-likeness (QED) is 0.356. The number of aryl methyl sites for hydroxylation is 1. The Balaban J connectivity index is 1.62. The van der Waals surface area contributed by atoms with Gasteiger partial charge in [0.05, 0.1) is 28.5 Å². The minimum Gasteiger partial charge on any atom is -0.330 e. The number of aromatic nitrogens is 2. The van der Waals surface area contributed by atoms with Gasteiger partial charge >= 0.3 is 0 Å². The van der Waals surface area contributed by atoms with Gasteiger partial charge in [-0.25, -0.2) is 9.97 Å². The van der Waals surface area contributed by atoms with Crippen LogP contribution in [0.15, 0.2) is 78.9 Å². The molecule has 1 aliphatic rings. The van der Waals surface area contributed by atoms with Crippen molar-refractivity contribution in [2.75, 3.05) is 13.1 Å². The Morgan fingerprint density at radius 3 is 2.26 bits per heavy atom. The van der Waals surface area contributed by atoms with E-state index >= 15 is 0 Å². The molecule has 0 bridgehead atoms. The molecule has 1 aliphatic carbocycles. The molecule has 3 aromatic carbocycles. The normalized spacial score (nSPS) is 14.1. The van der Waals surface area contributed by atoms with Gasteiger partial charge in [0.2, 0.25) is 0 Å². The Hall–Kier alpha value is -3.57. The monoisotopic (exact) mass is 464 g/mol. The molecule has 178 valence electrons. The molecule has 5 heteroatoms. The van der Waals surface area contributed by atoms with Crippen molar-refractivity contribution in [1.82, 2.24) is 14.9 Å². The number of para-hydroxylation sites is 2. The molecule has 5 nitrogen and oxygen atoms in total. The molecular formula is C30H32N4O. The zero-order chi connectivity index (χ0) is 24.2. The third-order valence-corrected chi connectivity index (χ3v) is 6.74. The Labute approximate surface area is 207 Å². The van der Waals surface area contributed by atoms with Crippen LogP contribution in [0, 0.1) is 12.8 Å². The summed E-state index contributed by atoms with van der Waals surface area (Å²) in [6.07, 6.45) is 3.60. The molecule has 4 aromatic rings. The molecule has 1 fully saturated rings. The number of carbonyl (C=O) groups excluding carboxylic acids is 1. The Bertz CT molecular complexity index is 1300. The van der Waals surface area contributed by atoms with E-state index in [1.807, 2.05) is 66.4 Å². The first kappa shape index (κ1) is 23.2. The Kier molecular flexibility index (Phi) is 6.87. The molecule has 1 unspecified atom stereocenters. The van der Waals surface area contributed by atoms with Crippen LogP contribution in [0.25, 0.3) is 11.0 Å². The Morgan fingerprint density at radius 2 is 1.60 bits per heavy atom. The third-order valence-electron chi connectivity index (χ3n) is 6.74. The first-order valence-corrected chi connectivity index (χ1v) is 12.5. The number of nitrogens with two attached hydrogens (primary N) is 1.